The zero-order chi connectivity index (χ0) is 12.5. The Morgan fingerprint density at radius 3 is 2.44 bits per heavy atom. The molecule has 8 heteroatoms. The third kappa shape index (κ3) is 3.68. The summed E-state index contributed by atoms with van der Waals surface area (Å²) in [6, 6.07) is 3.01. The highest BCUT2D eigenvalue weighted by atomic mass is 127. The number of hydrogen-bond donors (Lipinski definition) is 2. The van der Waals surface area contributed by atoms with E-state index in [2.05, 4.69) is 0 Å². The Kier molecular flexibility index (Phi) is 4.32. The van der Waals surface area contributed by atoms with Crippen molar-refractivity contribution in [3.8, 4) is 0 Å². The molecule has 1 aromatic carbocycles. The molecule has 0 fully saturated rings. The largest absolute Gasteiger partial charge is 0.488 e. The normalized spacial score (nSPS) is 11.6. The van der Waals surface area contributed by atoms with Crippen LogP contribution in [0.1, 0.15) is 11.1 Å². The quantitative estimate of drug-likeness (QED) is 0.456. The van der Waals surface area contributed by atoms with E-state index >= 15 is 0 Å². The fraction of sp³-hybridized carbons (Fsp3) is 0.250. The molecule has 1 rings (SSSR count). The van der Waals surface area contributed by atoms with Crippen LogP contribution < -0.4 is 5.46 Å². The van der Waals surface area contributed by atoms with E-state index in [1.54, 1.807) is 0 Å². The van der Waals surface area contributed by atoms with Gasteiger partial charge in [0.2, 0.25) is 0 Å². The van der Waals surface area contributed by atoms with E-state index in [1.165, 1.54) is 19.1 Å². The lowest BCUT2D eigenvalue weighted by Crippen LogP contribution is -2.33. The van der Waals surface area contributed by atoms with Crippen LogP contribution in [0, 0.1) is 10.5 Å². The molecule has 4 nitrogen and oxygen atoms in total. The minimum atomic E-state index is -4.63. The molecule has 0 aliphatic rings. The highest BCUT2D eigenvalue weighted by molar-refractivity contribution is 14.1. The SMILES string of the molecule is Cc1c(CS(=O)(=O)F)cc(I)cc1B(O)O. The minimum Gasteiger partial charge on any atom is -0.423 e. The summed E-state index contributed by atoms with van der Waals surface area (Å²) < 4.78 is 34.3. The van der Waals surface area contributed by atoms with Crippen LogP contribution in [0.3, 0.4) is 0 Å². The number of benzene rings is 1. The number of rotatable bonds is 3. The summed E-state index contributed by atoms with van der Waals surface area (Å²) in [5, 5.41) is 18.1. The third-order valence-corrected chi connectivity index (χ3v) is 3.40. The zero-order valence-corrected chi connectivity index (χ0v) is 11.3. The van der Waals surface area contributed by atoms with Gasteiger partial charge in [-0.15, -0.1) is 3.89 Å². The zero-order valence-electron chi connectivity index (χ0n) is 8.31. The molecule has 0 amide bonds. The first-order chi connectivity index (χ1) is 7.20. The Hall–Kier alpha value is -0.185. The molecule has 16 heavy (non-hydrogen) atoms. The Balaban J connectivity index is 3.30. The molecule has 1 aromatic rings. The van der Waals surface area contributed by atoms with Gasteiger partial charge in [0, 0.05) is 3.57 Å². The molecule has 0 unspecified atom stereocenters. The molecule has 0 saturated carbocycles. The first kappa shape index (κ1) is 13.9. The Labute approximate surface area is 107 Å². The first-order valence-electron chi connectivity index (χ1n) is 4.28. The molecular weight excluding hydrogens is 349 g/mol. The molecule has 0 aliphatic heterocycles. The predicted octanol–water partition coefficient (Wildman–Crippen LogP) is 0.0787. The maximum absolute atomic E-state index is 12.6. The lowest BCUT2D eigenvalue weighted by atomic mass is 9.76. The van der Waals surface area contributed by atoms with E-state index in [4.69, 9.17) is 10.0 Å². The molecule has 0 heterocycles. The molecule has 0 aliphatic carbocycles. The van der Waals surface area contributed by atoms with Crippen molar-refractivity contribution in [1.29, 1.82) is 0 Å². The summed E-state index contributed by atoms with van der Waals surface area (Å²) in [4.78, 5) is 0. The van der Waals surface area contributed by atoms with Crippen molar-refractivity contribution in [3.05, 3.63) is 26.8 Å². The van der Waals surface area contributed by atoms with Gasteiger partial charge >= 0.3 is 17.3 Å². The lowest BCUT2D eigenvalue weighted by molar-refractivity contribution is 0.425. The lowest BCUT2D eigenvalue weighted by Gasteiger charge is -2.10. The Bertz CT molecular complexity index is 503. The maximum Gasteiger partial charge on any atom is 0.488 e. The van der Waals surface area contributed by atoms with Gasteiger partial charge in [-0.1, -0.05) is 0 Å². The maximum atomic E-state index is 12.6. The summed E-state index contributed by atoms with van der Waals surface area (Å²) in [5.41, 5.74) is 0.791. The van der Waals surface area contributed by atoms with Gasteiger partial charge in [-0.2, -0.15) is 8.42 Å². The van der Waals surface area contributed by atoms with Crippen LogP contribution in [0.15, 0.2) is 12.1 Å². The highest BCUT2D eigenvalue weighted by Gasteiger charge is 2.19. The van der Waals surface area contributed by atoms with Crippen LogP contribution in [0.2, 0.25) is 0 Å². The fourth-order valence-electron chi connectivity index (χ4n) is 1.36. The van der Waals surface area contributed by atoms with E-state index in [-0.39, 0.29) is 11.0 Å². The average Bonchev–Trinajstić information content (AvgIpc) is 2.07. The van der Waals surface area contributed by atoms with Gasteiger partial charge in [0.15, 0.2) is 0 Å². The molecule has 0 saturated heterocycles. The van der Waals surface area contributed by atoms with Crippen molar-refractivity contribution < 1.29 is 22.4 Å². The molecule has 0 atom stereocenters. The summed E-state index contributed by atoms with van der Waals surface area (Å²) in [6.45, 7) is 1.52. The monoisotopic (exact) mass is 358 g/mol. The molecule has 0 radical (unpaired) electrons. The Morgan fingerprint density at radius 2 is 2.00 bits per heavy atom. The van der Waals surface area contributed by atoms with Crippen LogP contribution in [0.4, 0.5) is 3.89 Å². The van der Waals surface area contributed by atoms with Crippen molar-refractivity contribution in [1.82, 2.24) is 0 Å². The smallest absolute Gasteiger partial charge is 0.423 e. The average molecular weight is 358 g/mol. The van der Waals surface area contributed by atoms with E-state index in [0.29, 0.717) is 9.13 Å². The van der Waals surface area contributed by atoms with Crippen molar-refractivity contribution in [2.75, 3.05) is 0 Å². The number of hydrogen-bond acceptors (Lipinski definition) is 4. The molecule has 88 valence electrons. The molecule has 2 N–H and O–H groups in total. The van der Waals surface area contributed by atoms with Gasteiger partial charge in [-0.25, -0.2) is 0 Å². The van der Waals surface area contributed by atoms with Gasteiger partial charge in [-0.3, -0.25) is 0 Å². The summed E-state index contributed by atoms with van der Waals surface area (Å²) >= 11 is 1.89. The summed E-state index contributed by atoms with van der Waals surface area (Å²) in [7, 11) is -6.32. The van der Waals surface area contributed by atoms with Crippen LogP contribution in [0.25, 0.3) is 0 Å². The third-order valence-electron chi connectivity index (χ3n) is 2.13. The van der Waals surface area contributed by atoms with E-state index in [9.17, 15) is 12.3 Å². The standard InChI is InChI=1S/C8H9BFIO4S/c1-5-6(4-16(10,14)15)2-7(11)3-8(5)9(12)13/h2-3,12-13H,4H2,1H3. The molecular formula is C8H9BFIO4S. The van der Waals surface area contributed by atoms with Gasteiger partial charge in [0.1, 0.15) is 5.75 Å². The second kappa shape index (κ2) is 4.99. The van der Waals surface area contributed by atoms with Crippen molar-refractivity contribution in [3.63, 3.8) is 0 Å². The second-order valence-electron chi connectivity index (χ2n) is 3.34. The molecule has 0 aromatic heterocycles. The van der Waals surface area contributed by atoms with Crippen LogP contribution in [0.5, 0.6) is 0 Å². The summed E-state index contributed by atoms with van der Waals surface area (Å²) in [6.07, 6.45) is 0. The van der Waals surface area contributed by atoms with Gasteiger partial charge in [-0.05, 0) is 58.2 Å². The van der Waals surface area contributed by atoms with E-state index in [1.807, 2.05) is 22.6 Å². The van der Waals surface area contributed by atoms with E-state index in [0.717, 1.165) is 0 Å². The van der Waals surface area contributed by atoms with Crippen LogP contribution in [-0.4, -0.2) is 25.6 Å². The Morgan fingerprint density at radius 1 is 1.44 bits per heavy atom. The first-order valence-corrected chi connectivity index (χ1v) is 6.91. The van der Waals surface area contributed by atoms with Gasteiger partial charge in [0.05, 0.1) is 0 Å². The van der Waals surface area contributed by atoms with Gasteiger partial charge < -0.3 is 10.0 Å². The summed E-state index contributed by atoms with van der Waals surface area (Å²) in [5.74, 6) is -0.755. The fourth-order valence-corrected chi connectivity index (χ4v) is 2.75. The van der Waals surface area contributed by atoms with Crippen molar-refractivity contribution in [2.45, 2.75) is 12.7 Å². The second-order valence-corrected chi connectivity index (χ2v) is 5.95. The topological polar surface area (TPSA) is 74.6 Å². The predicted molar refractivity (Wildman–Crippen MR) is 67.5 cm³/mol. The number of halogens is 2. The van der Waals surface area contributed by atoms with Crippen molar-refractivity contribution in [2.24, 2.45) is 0 Å². The van der Waals surface area contributed by atoms with Gasteiger partial charge in [0.25, 0.3) is 0 Å². The van der Waals surface area contributed by atoms with E-state index < -0.39 is 23.1 Å². The minimum absolute atomic E-state index is 0.186. The van der Waals surface area contributed by atoms with Crippen molar-refractivity contribution >= 4 is 45.4 Å². The highest BCUT2D eigenvalue weighted by Crippen LogP contribution is 2.15. The molecule has 0 bridgehead atoms. The van der Waals surface area contributed by atoms with Crippen LogP contribution in [-0.2, 0) is 16.0 Å². The molecule has 0 spiro atoms. The van der Waals surface area contributed by atoms with Crippen LogP contribution >= 0.6 is 22.6 Å².